The van der Waals surface area contributed by atoms with Gasteiger partial charge in [-0.2, -0.15) is 8.78 Å². The highest BCUT2D eigenvalue weighted by atomic mass is 19.3. The number of carbonyl (C=O) groups excluding carboxylic acids is 1. The monoisotopic (exact) mass is 248 g/mol. The van der Waals surface area contributed by atoms with Crippen LogP contribution in [0, 0.1) is 5.82 Å². The van der Waals surface area contributed by atoms with Crippen molar-refractivity contribution in [2.24, 2.45) is 0 Å². The summed E-state index contributed by atoms with van der Waals surface area (Å²) in [5.41, 5.74) is 0.247. The van der Waals surface area contributed by atoms with Crippen molar-refractivity contribution >= 4 is 5.97 Å². The van der Waals surface area contributed by atoms with Gasteiger partial charge in [0.2, 0.25) is 0 Å². The van der Waals surface area contributed by atoms with Crippen molar-refractivity contribution in [2.45, 2.75) is 19.5 Å². The third kappa shape index (κ3) is 4.34. The van der Waals surface area contributed by atoms with E-state index in [0.29, 0.717) is 0 Å². The van der Waals surface area contributed by atoms with Gasteiger partial charge in [-0.3, -0.25) is 4.79 Å². The number of methoxy groups -OCH3 is 1. The Morgan fingerprint density at radius 3 is 2.65 bits per heavy atom. The maximum atomic E-state index is 13.4. The van der Waals surface area contributed by atoms with Crippen LogP contribution in [0.4, 0.5) is 13.2 Å². The van der Waals surface area contributed by atoms with Gasteiger partial charge in [0.05, 0.1) is 7.11 Å². The maximum absolute atomic E-state index is 13.4. The van der Waals surface area contributed by atoms with E-state index in [4.69, 9.17) is 0 Å². The summed E-state index contributed by atoms with van der Waals surface area (Å²) < 4.78 is 45.5. The quantitative estimate of drug-likeness (QED) is 0.751. The molecule has 0 saturated carbocycles. The highest BCUT2D eigenvalue weighted by Gasteiger charge is 2.10. The van der Waals surface area contributed by atoms with Gasteiger partial charge in [-0.15, -0.1) is 0 Å². The van der Waals surface area contributed by atoms with Crippen LogP contribution < -0.4 is 4.74 Å². The number of hydrogen-bond acceptors (Lipinski definition) is 3. The summed E-state index contributed by atoms with van der Waals surface area (Å²) in [6.07, 6.45) is 0.177. The number of benzene rings is 1. The Kier molecular flexibility index (Phi) is 4.81. The van der Waals surface area contributed by atoms with Crippen LogP contribution in [0.15, 0.2) is 18.2 Å². The number of halogens is 3. The van der Waals surface area contributed by atoms with Gasteiger partial charge in [0.25, 0.3) is 0 Å². The summed E-state index contributed by atoms with van der Waals surface area (Å²) in [7, 11) is 1.23. The minimum atomic E-state index is -2.99. The van der Waals surface area contributed by atoms with Gasteiger partial charge in [0, 0.05) is 12.5 Å². The molecule has 0 saturated heterocycles. The lowest BCUT2D eigenvalue weighted by Crippen LogP contribution is -2.05. The van der Waals surface area contributed by atoms with Crippen molar-refractivity contribution in [1.29, 1.82) is 0 Å². The molecular weight excluding hydrogens is 237 g/mol. The minimum absolute atomic E-state index is 0.0302. The zero-order chi connectivity index (χ0) is 12.8. The Bertz CT molecular complexity index is 394. The largest absolute Gasteiger partial charge is 0.469 e. The molecule has 0 atom stereocenters. The van der Waals surface area contributed by atoms with Gasteiger partial charge in [-0.1, -0.05) is 6.07 Å². The first-order chi connectivity index (χ1) is 8.02. The number of hydrogen-bond donors (Lipinski definition) is 0. The fourth-order valence-corrected chi connectivity index (χ4v) is 1.25. The number of esters is 1. The van der Waals surface area contributed by atoms with Crippen molar-refractivity contribution < 1.29 is 27.4 Å². The van der Waals surface area contributed by atoms with E-state index in [-0.39, 0.29) is 24.2 Å². The molecule has 94 valence electrons. The predicted octanol–water partition coefficient (Wildman–Crippen LogP) is 2.53. The van der Waals surface area contributed by atoms with Gasteiger partial charge in [-0.25, -0.2) is 4.39 Å². The molecule has 0 aliphatic carbocycles. The summed E-state index contributed by atoms with van der Waals surface area (Å²) in [4.78, 5) is 10.8. The van der Waals surface area contributed by atoms with Gasteiger partial charge < -0.3 is 9.47 Å². The van der Waals surface area contributed by atoms with Crippen LogP contribution in [0.2, 0.25) is 0 Å². The third-order valence-corrected chi connectivity index (χ3v) is 2.08. The van der Waals surface area contributed by atoms with Crippen LogP contribution in [0.5, 0.6) is 5.75 Å². The third-order valence-electron chi connectivity index (χ3n) is 2.08. The Morgan fingerprint density at radius 2 is 2.12 bits per heavy atom. The molecular formula is C11H11F3O3. The van der Waals surface area contributed by atoms with Crippen molar-refractivity contribution in [1.82, 2.24) is 0 Å². The fourth-order valence-electron chi connectivity index (χ4n) is 1.25. The van der Waals surface area contributed by atoms with E-state index in [1.165, 1.54) is 19.2 Å². The molecule has 1 aromatic rings. The maximum Gasteiger partial charge on any atom is 0.387 e. The molecule has 0 heterocycles. The zero-order valence-corrected chi connectivity index (χ0v) is 9.08. The molecule has 0 aromatic heterocycles. The molecule has 0 bridgehead atoms. The highest BCUT2D eigenvalue weighted by Crippen LogP contribution is 2.19. The smallest absolute Gasteiger partial charge is 0.387 e. The standard InChI is InChI=1S/C11H11F3O3/c1-16-10(15)5-3-7-2-4-8(6-9(7)12)17-11(13)14/h2,4,6,11H,3,5H2,1H3. The molecule has 1 rings (SSSR count). The normalized spacial score (nSPS) is 10.4. The van der Waals surface area contributed by atoms with Crippen molar-refractivity contribution in [2.75, 3.05) is 7.11 Å². The zero-order valence-electron chi connectivity index (χ0n) is 9.08. The first kappa shape index (κ1) is 13.3. The molecule has 1 aromatic carbocycles. The van der Waals surface area contributed by atoms with E-state index >= 15 is 0 Å². The number of alkyl halides is 2. The lowest BCUT2D eigenvalue weighted by Gasteiger charge is -2.07. The number of ether oxygens (including phenoxy) is 2. The molecule has 0 amide bonds. The summed E-state index contributed by atoms with van der Waals surface area (Å²) in [5, 5.41) is 0. The van der Waals surface area contributed by atoms with E-state index < -0.39 is 18.4 Å². The molecule has 0 radical (unpaired) electrons. The number of aryl methyl sites for hydroxylation is 1. The van der Waals surface area contributed by atoms with E-state index in [0.717, 1.165) is 6.07 Å². The predicted molar refractivity (Wildman–Crippen MR) is 53.4 cm³/mol. The number of carbonyl (C=O) groups is 1. The SMILES string of the molecule is COC(=O)CCc1ccc(OC(F)F)cc1F. The van der Waals surface area contributed by atoms with Gasteiger partial charge in [0.1, 0.15) is 11.6 Å². The molecule has 0 spiro atoms. The average molecular weight is 248 g/mol. The van der Waals surface area contributed by atoms with Gasteiger partial charge in [0.15, 0.2) is 0 Å². The first-order valence-electron chi connectivity index (χ1n) is 4.83. The van der Waals surface area contributed by atoms with E-state index in [9.17, 15) is 18.0 Å². The summed E-state index contributed by atoms with van der Waals surface area (Å²) >= 11 is 0. The fraction of sp³-hybridized carbons (Fsp3) is 0.364. The Morgan fingerprint density at radius 1 is 1.41 bits per heavy atom. The van der Waals surface area contributed by atoms with Crippen LogP contribution in [0.25, 0.3) is 0 Å². The Hall–Kier alpha value is -1.72. The van der Waals surface area contributed by atoms with E-state index in [1.807, 2.05) is 0 Å². The Labute approximate surface area is 96.1 Å². The lowest BCUT2D eigenvalue weighted by atomic mass is 10.1. The van der Waals surface area contributed by atoms with Crippen LogP contribution in [0.3, 0.4) is 0 Å². The topological polar surface area (TPSA) is 35.5 Å². The van der Waals surface area contributed by atoms with Crippen molar-refractivity contribution in [3.8, 4) is 5.75 Å². The molecule has 3 nitrogen and oxygen atoms in total. The van der Waals surface area contributed by atoms with Crippen LogP contribution in [-0.4, -0.2) is 19.7 Å². The molecule has 0 fully saturated rings. The molecule has 0 aliphatic heterocycles. The highest BCUT2D eigenvalue weighted by molar-refractivity contribution is 5.69. The van der Waals surface area contributed by atoms with Crippen molar-refractivity contribution in [3.05, 3.63) is 29.6 Å². The van der Waals surface area contributed by atoms with Gasteiger partial charge in [-0.05, 0) is 18.1 Å². The molecule has 6 heteroatoms. The van der Waals surface area contributed by atoms with Crippen LogP contribution in [0.1, 0.15) is 12.0 Å². The molecule has 0 aliphatic rings. The summed E-state index contributed by atoms with van der Waals surface area (Å²) in [6.45, 7) is -2.99. The van der Waals surface area contributed by atoms with Gasteiger partial charge >= 0.3 is 12.6 Å². The average Bonchev–Trinajstić information content (AvgIpc) is 2.26. The van der Waals surface area contributed by atoms with Crippen LogP contribution >= 0.6 is 0 Å². The Balaban J connectivity index is 2.66. The van der Waals surface area contributed by atoms with Crippen LogP contribution in [-0.2, 0) is 16.0 Å². The lowest BCUT2D eigenvalue weighted by molar-refractivity contribution is -0.140. The second-order valence-corrected chi connectivity index (χ2v) is 3.21. The first-order valence-corrected chi connectivity index (χ1v) is 4.83. The number of rotatable bonds is 5. The van der Waals surface area contributed by atoms with E-state index in [1.54, 1.807) is 0 Å². The second-order valence-electron chi connectivity index (χ2n) is 3.21. The molecule has 17 heavy (non-hydrogen) atoms. The molecule has 0 N–H and O–H groups in total. The minimum Gasteiger partial charge on any atom is -0.469 e. The molecule has 0 unspecified atom stereocenters. The van der Waals surface area contributed by atoms with E-state index in [2.05, 4.69) is 9.47 Å². The summed E-state index contributed by atoms with van der Waals surface area (Å²) in [5.74, 6) is -1.40. The van der Waals surface area contributed by atoms with Crippen molar-refractivity contribution in [3.63, 3.8) is 0 Å². The summed E-state index contributed by atoms with van der Waals surface area (Å²) in [6, 6.07) is 3.39. The second kappa shape index (κ2) is 6.12.